The quantitative estimate of drug-likeness (QED) is 0.334. The molecule has 0 aliphatic rings. The van der Waals surface area contributed by atoms with Crippen molar-refractivity contribution >= 4 is 34.6 Å². The lowest BCUT2D eigenvalue weighted by Gasteiger charge is -2.13. The average molecular weight is 306 g/mol. The van der Waals surface area contributed by atoms with Gasteiger partial charge in [-0.25, -0.2) is 15.4 Å². The van der Waals surface area contributed by atoms with Crippen molar-refractivity contribution in [2.75, 3.05) is 23.9 Å². The Morgan fingerprint density at radius 1 is 1.29 bits per heavy atom. The minimum absolute atomic E-state index is 0.221. The summed E-state index contributed by atoms with van der Waals surface area (Å²) in [5.74, 6) is 1.05. The van der Waals surface area contributed by atoms with Crippen LogP contribution in [0.15, 0.2) is 18.2 Å². The first-order valence-electron chi connectivity index (χ1n) is 6.15. The van der Waals surface area contributed by atoms with Crippen molar-refractivity contribution in [1.29, 1.82) is 5.41 Å². The molecule has 0 saturated heterocycles. The second kappa shape index (κ2) is 5.94. The molecule has 0 radical (unpaired) electrons. The van der Waals surface area contributed by atoms with Crippen molar-refractivity contribution in [2.45, 2.75) is 6.92 Å². The van der Waals surface area contributed by atoms with Crippen LogP contribution in [0.25, 0.3) is 11.4 Å². The van der Waals surface area contributed by atoms with Crippen LogP contribution >= 0.6 is 11.6 Å². The van der Waals surface area contributed by atoms with Gasteiger partial charge in [0.2, 0.25) is 0 Å². The molecule has 2 rings (SSSR count). The van der Waals surface area contributed by atoms with E-state index in [0.717, 1.165) is 0 Å². The Hall–Kier alpha value is -2.38. The van der Waals surface area contributed by atoms with Gasteiger partial charge in [0.25, 0.3) is 0 Å². The molecule has 0 amide bonds. The molecule has 0 bridgehead atoms. The van der Waals surface area contributed by atoms with Crippen LogP contribution in [0.1, 0.15) is 12.5 Å². The second-order valence-electron chi connectivity index (χ2n) is 4.39. The van der Waals surface area contributed by atoms with Crippen LogP contribution in [0, 0.1) is 5.41 Å². The minimum atomic E-state index is 0.221. The van der Waals surface area contributed by atoms with E-state index in [2.05, 4.69) is 20.8 Å². The van der Waals surface area contributed by atoms with E-state index < -0.39 is 0 Å². The maximum atomic E-state index is 7.77. The van der Waals surface area contributed by atoms with Crippen LogP contribution in [0.4, 0.5) is 17.3 Å². The number of anilines is 3. The van der Waals surface area contributed by atoms with Crippen LogP contribution in [0.5, 0.6) is 0 Å². The standard InChI is InChI=1S/C13H16ClN7/c1-6(15)10-11(17)19-12(20-13(10)21-18-2)7-3-4-9(16)8(14)5-7/h3-5,15,18H,16H2,1-2H3,(H3,17,19,20,21). The summed E-state index contributed by atoms with van der Waals surface area (Å²) in [5.41, 5.74) is 19.1. The lowest BCUT2D eigenvalue weighted by Crippen LogP contribution is -2.20. The van der Waals surface area contributed by atoms with E-state index in [0.29, 0.717) is 33.5 Å². The van der Waals surface area contributed by atoms with E-state index in [4.69, 9.17) is 28.5 Å². The van der Waals surface area contributed by atoms with Crippen molar-refractivity contribution in [3.8, 4) is 11.4 Å². The smallest absolute Gasteiger partial charge is 0.164 e. The fourth-order valence-corrected chi connectivity index (χ4v) is 2.03. The molecular weight excluding hydrogens is 290 g/mol. The predicted molar refractivity (Wildman–Crippen MR) is 86.5 cm³/mol. The number of nitrogens with one attached hydrogen (secondary N) is 3. The molecule has 0 saturated carbocycles. The Morgan fingerprint density at radius 3 is 2.57 bits per heavy atom. The Kier molecular flexibility index (Phi) is 4.25. The summed E-state index contributed by atoms with van der Waals surface area (Å²) < 4.78 is 0. The zero-order valence-corrected chi connectivity index (χ0v) is 12.4. The first-order chi connectivity index (χ1) is 9.93. The third-order valence-corrected chi connectivity index (χ3v) is 3.14. The molecule has 0 aliphatic carbocycles. The SMILES string of the molecule is CNNc1nc(-c2ccc(N)c(Cl)c2)nc(N)c1C(C)=N. The highest BCUT2D eigenvalue weighted by atomic mass is 35.5. The van der Waals surface area contributed by atoms with Gasteiger partial charge in [-0.15, -0.1) is 0 Å². The summed E-state index contributed by atoms with van der Waals surface area (Å²) >= 11 is 6.01. The van der Waals surface area contributed by atoms with Crippen molar-refractivity contribution in [3.63, 3.8) is 0 Å². The topological polar surface area (TPSA) is 126 Å². The number of halogens is 1. The number of hydrogen-bond donors (Lipinski definition) is 5. The number of rotatable bonds is 4. The molecule has 2 aromatic rings. The van der Waals surface area contributed by atoms with E-state index in [9.17, 15) is 0 Å². The van der Waals surface area contributed by atoms with E-state index in [-0.39, 0.29) is 11.5 Å². The number of nitrogens with two attached hydrogens (primary N) is 2. The third-order valence-electron chi connectivity index (χ3n) is 2.81. The fourth-order valence-electron chi connectivity index (χ4n) is 1.85. The largest absolute Gasteiger partial charge is 0.398 e. The number of nitrogens with zero attached hydrogens (tertiary/aromatic N) is 2. The van der Waals surface area contributed by atoms with Crippen LogP contribution in [0.2, 0.25) is 5.02 Å². The molecule has 0 fully saturated rings. The fraction of sp³-hybridized carbons (Fsp3) is 0.154. The summed E-state index contributed by atoms with van der Waals surface area (Å²) in [7, 11) is 1.70. The Balaban J connectivity index is 2.59. The van der Waals surface area contributed by atoms with Crippen molar-refractivity contribution in [2.24, 2.45) is 0 Å². The molecule has 0 aliphatic heterocycles. The number of benzene rings is 1. The number of nitrogen functional groups attached to an aromatic ring is 2. The predicted octanol–water partition coefficient (Wildman–Crippen LogP) is 1.90. The lowest BCUT2D eigenvalue weighted by atomic mass is 10.1. The molecule has 7 nitrogen and oxygen atoms in total. The number of hydrazine groups is 1. The van der Waals surface area contributed by atoms with E-state index >= 15 is 0 Å². The molecule has 7 N–H and O–H groups in total. The van der Waals surface area contributed by atoms with Gasteiger partial charge in [-0.05, 0) is 25.1 Å². The first kappa shape index (κ1) is 15.0. The van der Waals surface area contributed by atoms with E-state index in [1.165, 1.54) is 0 Å². The van der Waals surface area contributed by atoms with Gasteiger partial charge < -0.3 is 22.3 Å². The normalized spacial score (nSPS) is 10.4. The maximum Gasteiger partial charge on any atom is 0.164 e. The van der Waals surface area contributed by atoms with Crippen LogP contribution in [-0.4, -0.2) is 22.7 Å². The molecule has 0 spiro atoms. The van der Waals surface area contributed by atoms with Gasteiger partial charge in [-0.1, -0.05) is 11.6 Å². The summed E-state index contributed by atoms with van der Waals surface area (Å²) in [4.78, 5) is 8.62. The molecule has 0 unspecified atom stereocenters. The summed E-state index contributed by atoms with van der Waals surface area (Å²) in [6.45, 7) is 1.62. The molecule has 110 valence electrons. The first-order valence-corrected chi connectivity index (χ1v) is 6.53. The lowest BCUT2D eigenvalue weighted by molar-refractivity contribution is 0.958. The molecule has 1 aromatic heterocycles. The Morgan fingerprint density at radius 2 is 2.00 bits per heavy atom. The zero-order chi connectivity index (χ0) is 15.6. The Labute approximate surface area is 127 Å². The van der Waals surface area contributed by atoms with Gasteiger partial charge >= 0.3 is 0 Å². The molecule has 21 heavy (non-hydrogen) atoms. The maximum absolute atomic E-state index is 7.77. The van der Waals surface area contributed by atoms with Gasteiger partial charge in [0.05, 0.1) is 16.3 Å². The van der Waals surface area contributed by atoms with Gasteiger partial charge in [-0.3, -0.25) is 0 Å². The third kappa shape index (κ3) is 3.04. The zero-order valence-electron chi connectivity index (χ0n) is 11.7. The molecule has 1 aromatic carbocycles. The van der Waals surface area contributed by atoms with Crippen LogP contribution in [0.3, 0.4) is 0 Å². The molecule has 0 atom stereocenters. The summed E-state index contributed by atoms with van der Waals surface area (Å²) in [6.07, 6.45) is 0. The number of aromatic nitrogens is 2. The monoisotopic (exact) mass is 305 g/mol. The average Bonchev–Trinajstić information content (AvgIpc) is 2.41. The van der Waals surface area contributed by atoms with E-state index in [1.807, 2.05) is 0 Å². The highest BCUT2D eigenvalue weighted by molar-refractivity contribution is 6.33. The van der Waals surface area contributed by atoms with E-state index in [1.54, 1.807) is 32.2 Å². The number of hydrogen-bond acceptors (Lipinski definition) is 7. The van der Waals surface area contributed by atoms with Gasteiger partial charge in [0, 0.05) is 18.3 Å². The molecule has 1 heterocycles. The molecule has 8 heteroatoms. The van der Waals surface area contributed by atoms with Crippen molar-refractivity contribution < 1.29 is 0 Å². The highest BCUT2D eigenvalue weighted by Gasteiger charge is 2.15. The van der Waals surface area contributed by atoms with Gasteiger partial charge in [0.1, 0.15) is 5.82 Å². The summed E-state index contributed by atoms with van der Waals surface area (Å²) in [6, 6.07) is 5.11. The summed E-state index contributed by atoms with van der Waals surface area (Å²) in [5, 5.41) is 8.19. The second-order valence-corrected chi connectivity index (χ2v) is 4.80. The van der Waals surface area contributed by atoms with Crippen LogP contribution in [-0.2, 0) is 0 Å². The van der Waals surface area contributed by atoms with Crippen LogP contribution < -0.4 is 22.3 Å². The van der Waals surface area contributed by atoms with Gasteiger partial charge in [-0.2, -0.15) is 0 Å². The Bertz CT molecular complexity index is 699. The van der Waals surface area contributed by atoms with Gasteiger partial charge in [0.15, 0.2) is 11.6 Å². The molecular formula is C13H16ClN7. The highest BCUT2D eigenvalue weighted by Crippen LogP contribution is 2.28. The minimum Gasteiger partial charge on any atom is -0.398 e. The van der Waals surface area contributed by atoms with Crippen molar-refractivity contribution in [3.05, 3.63) is 28.8 Å². The van der Waals surface area contributed by atoms with Crippen molar-refractivity contribution in [1.82, 2.24) is 15.4 Å².